The molecule has 1 saturated carbocycles. The predicted molar refractivity (Wildman–Crippen MR) is 87.4 cm³/mol. The number of rotatable bonds is 5. The van der Waals surface area contributed by atoms with E-state index >= 15 is 0 Å². The van der Waals surface area contributed by atoms with Crippen LogP contribution in [0.2, 0.25) is 0 Å². The Morgan fingerprint density at radius 3 is 2.65 bits per heavy atom. The van der Waals surface area contributed by atoms with Crippen molar-refractivity contribution in [1.29, 1.82) is 0 Å². The monoisotopic (exact) mass is 315 g/mol. The normalized spacial score (nSPS) is 15.2. The molecule has 1 aromatic heterocycles. The maximum atomic E-state index is 12.5. The second-order valence-corrected chi connectivity index (χ2v) is 5.80. The topological polar surface area (TPSA) is 74.4 Å². The van der Waals surface area contributed by atoms with Gasteiger partial charge in [-0.05, 0) is 51.0 Å². The second-order valence-electron chi connectivity index (χ2n) is 5.80. The summed E-state index contributed by atoms with van der Waals surface area (Å²) >= 11 is 0. The fraction of sp³-hybridized carbons (Fsp3) is 0.412. The SMILES string of the molecule is CCN(CC)C(=O)C1(NC(=O)Oc2ccc3[nH]ccc3c2)CC1. The Kier molecular flexibility index (Phi) is 3.98. The Hall–Kier alpha value is -2.50. The third-order valence-electron chi connectivity index (χ3n) is 4.29. The lowest BCUT2D eigenvalue weighted by atomic mass is 10.2. The molecule has 1 heterocycles. The van der Waals surface area contributed by atoms with E-state index < -0.39 is 11.6 Å². The standard InChI is InChI=1S/C17H21N3O3/c1-3-20(4-2)15(21)17(8-9-17)19-16(22)23-13-5-6-14-12(11-13)7-10-18-14/h5-7,10-11,18H,3-4,8-9H2,1-2H3,(H,19,22). The van der Waals surface area contributed by atoms with Gasteiger partial charge < -0.3 is 19.9 Å². The summed E-state index contributed by atoms with van der Waals surface area (Å²) in [6, 6.07) is 7.28. The summed E-state index contributed by atoms with van der Waals surface area (Å²) in [6.07, 6.45) is 2.57. The first-order valence-corrected chi connectivity index (χ1v) is 7.94. The van der Waals surface area contributed by atoms with Gasteiger partial charge in [0.05, 0.1) is 0 Å². The quantitative estimate of drug-likeness (QED) is 0.891. The highest BCUT2D eigenvalue weighted by atomic mass is 16.6. The van der Waals surface area contributed by atoms with E-state index in [1.54, 1.807) is 17.0 Å². The molecule has 0 bridgehead atoms. The van der Waals surface area contributed by atoms with Gasteiger partial charge in [0.25, 0.3) is 0 Å². The zero-order valence-electron chi connectivity index (χ0n) is 13.4. The average Bonchev–Trinajstić information content (AvgIpc) is 3.16. The van der Waals surface area contributed by atoms with Crippen molar-refractivity contribution in [2.75, 3.05) is 13.1 Å². The first-order valence-electron chi connectivity index (χ1n) is 7.94. The van der Waals surface area contributed by atoms with Crippen LogP contribution in [-0.2, 0) is 4.79 Å². The van der Waals surface area contributed by atoms with E-state index in [-0.39, 0.29) is 5.91 Å². The van der Waals surface area contributed by atoms with Crippen molar-refractivity contribution in [2.45, 2.75) is 32.2 Å². The number of carbonyl (C=O) groups is 2. The number of ether oxygens (including phenoxy) is 1. The summed E-state index contributed by atoms with van der Waals surface area (Å²) in [6.45, 7) is 5.14. The van der Waals surface area contributed by atoms with E-state index in [1.807, 2.05) is 32.2 Å². The first-order chi connectivity index (χ1) is 11.1. The molecule has 1 aliphatic rings. The second kappa shape index (κ2) is 5.95. The minimum Gasteiger partial charge on any atom is -0.410 e. The third kappa shape index (κ3) is 3.02. The number of hydrogen-bond acceptors (Lipinski definition) is 3. The van der Waals surface area contributed by atoms with Gasteiger partial charge in [-0.1, -0.05) is 0 Å². The number of amides is 2. The molecule has 1 aliphatic carbocycles. The summed E-state index contributed by atoms with van der Waals surface area (Å²) in [7, 11) is 0. The van der Waals surface area contributed by atoms with Crippen LogP contribution in [0, 0.1) is 0 Å². The highest BCUT2D eigenvalue weighted by molar-refractivity contribution is 5.93. The van der Waals surface area contributed by atoms with Crippen molar-refractivity contribution >= 4 is 22.9 Å². The smallest absolute Gasteiger partial charge is 0.410 e. The maximum absolute atomic E-state index is 12.5. The number of H-pyrrole nitrogens is 1. The molecule has 0 aliphatic heterocycles. The molecular weight excluding hydrogens is 294 g/mol. The van der Waals surface area contributed by atoms with Crippen LogP contribution in [0.15, 0.2) is 30.5 Å². The van der Waals surface area contributed by atoms with E-state index in [4.69, 9.17) is 4.74 Å². The Bertz CT molecular complexity index is 730. The van der Waals surface area contributed by atoms with Crippen molar-refractivity contribution in [1.82, 2.24) is 15.2 Å². The molecule has 2 amide bonds. The van der Waals surface area contributed by atoms with Gasteiger partial charge in [0.2, 0.25) is 5.91 Å². The van der Waals surface area contributed by atoms with Crippen LogP contribution in [0.3, 0.4) is 0 Å². The van der Waals surface area contributed by atoms with Gasteiger partial charge in [-0.2, -0.15) is 0 Å². The zero-order valence-corrected chi connectivity index (χ0v) is 13.4. The molecule has 0 saturated heterocycles. The van der Waals surface area contributed by atoms with Crippen LogP contribution >= 0.6 is 0 Å². The number of hydrogen-bond donors (Lipinski definition) is 2. The van der Waals surface area contributed by atoms with Crippen LogP contribution in [0.5, 0.6) is 5.75 Å². The number of nitrogens with one attached hydrogen (secondary N) is 2. The molecule has 0 unspecified atom stereocenters. The molecule has 3 rings (SSSR count). The molecular formula is C17H21N3O3. The Balaban J connectivity index is 1.65. The Labute approximate surface area is 134 Å². The molecule has 23 heavy (non-hydrogen) atoms. The van der Waals surface area contributed by atoms with Crippen molar-refractivity contribution < 1.29 is 14.3 Å². The molecule has 1 aromatic carbocycles. The molecule has 2 N–H and O–H groups in total. The largest absolute Gasteiger partial charge is 0.413 e. The van der Waals surface area contributed by atoms with Crippen molar-refractivity contribution in [3.63, 3.8) is 0 Å². The number of nitrogens with zero attached hydrogens (tertiary/aromatic N) is 1. The van der Waals surface area contributed by atoms with E-state index in [0.29, 0.717) is 31.7 Å². The van der Waals surface area contributed by atoms with Crippen molar-refractivity contribution in [3.8, 4) is 5.75 Å². The van der Waals surface area contributed by atoms with Crippen LogP contribution in [0.4, 0.5) is 4.79 Å². The fourth-order valence-electron chi connectivity index (χ4n) is 2.75. The summed E-state index contributed by atoms with van der Waals surface area (Å²) in [4.78, 5) is 29.4. The van der Waals surface area contributed by atoms with E-state index in [9.17, 15) is 9.59 Å². The lowest BCUT2D eigenvalue weighted by Crippen LogP contribution is -2.51. The van der Waals surface area contributed by atoms with E-state index in [0.717, 1.165) is 10.9 Å². The number of aromatic nitrogens is 1. The predicted octanol–water partition coefficient (Wildman–Crippen LogP) is 2.66. The highest BCUT2D eigenvalue weighted by Gasteiger charge is 2.53. The average molecular weight is 315 g/mol. The van der Waals surface area contributed by atoms with Crippen molar-refractivity contribution in [3.05, 3.63) is 30.5 Å². The van der Waals surface area contributed by atoms with Crippen LogP contribution in [0.25, 0.3) is 10.9 Å². The maximum Gasteiger partial charge on any atom is 0.413 e. The molecule has 0 spiro atoms. The summed E-state index contributed by atoms with van der Waals surface area (Å²) < 4.78 is 5.33. The third-order valence-corrected chi connectivity index (χ3v) is 4.29. The molecule has 2 aromatic rings. The molecule has 0 radical (unpaired) electrons. The number of likely N-dealkylation sites (N-methyl/N-ethyl adjacent to an activating group) is 1. The highest BCUT2D eigenvalue weighted by Crippen LogP contribution is 2.37. The van der Waals surface area contributed by atoms with Crippen LogP contribution in [-0.4, -0.2) is 40.5 Å². The number of benzene rings is 1. The van der Waals surface area contributed by atoms with Gasteiger partial charge in [0.15, 0.2) is 0 Å². The first kappa shape index (κ1) is 15.4. The van der Waals surface area contributed by atoms with Crippen LogP contribution in [0.1, 0.15) is 26.7 Å². The number of carbonyl (C=O) groups excluding carboxylic acids is 2. The molecule has 0 atom stereocenters. The van der Waals surface area contributed by atoms with E-state index in [1.165, 1.54) is 0 Å². The van der Waals surface area contributed by atoms with Gasteiger partial charge in [-0.25, -0.2) is 4.79 Å². The van der Waals surface area contributed by atoms with E-state index in [2.05, 4.69) is 10.3 Å². The van der Waals surface area contributed by atoms with Gasteiger partial charge in [0, 0.05) is 30.2 Å². The lowest BCUT2D eigenvalue weighted by molar-refractivity contribution is -0.134. The fourth-order valence-corrected chi connectivity index (χ4v) is 2.75. The van der Waals surface area contributed by atoms with Gasteiger partial charge in [0.1, 0.15) is 11.3 Å². The zero-order chi connectivity index (χ0) is 16.4. The molecule has 6 heteroatoms. The summed E-state index contributed by atoms with van der Waals surface area (Å²) in [5, 5.41) is 3.71. The molecule has 122 valence electrons. The van der Waals surface area contributed by atoms with Gasteiger partial charge >= 0.3 is 6.09 Å². The lowest BCUT2D eigenvalue weighted by Gasteiger charge is -2.25. The Morgan fingerprint density at radius 1 is 1.26 bits per heavy atom. The van der Waals surface area contributed by atoms with Gasteiger partial charge in [-0.15, -0.1) is 0 Å². The minimum atomic E-state index is -0.776. The summed E-state index contributed by atoms with van der Waals surface area (Å²) in [5.41, 5.74) is 0.203. The number of aromatic amines is 1. The molecule has 6 nitrogen and oxygen atoms in total. The minimum absolute atomic E-state index is 0.0273. The van der Waals surface area contributed by atoms with Gasteiger partial charge in [-0.3, -0.25) is 4.79 Å². The van der Waals surface area contributed by atoms with Crippen molar-refractivity contribution in [2.24, 2.45) is 0 Å². The number of fused-ring (bicyclic) bond motifs is 1. The Morgan fingerprint density at radius 2 is 2.00 bits per heavy atom. The van der Waals surface area contributed by atoms with Crippen LogP contribution < -0.4 is 10.1 Å². The summed E-state index contributed by atoms with van der Waals surface area (Å²) in [5.74, 6) is 0.432. The molecule has 1 fully saturated rings.